The number of nitrogens with one attached hydrogen (secondary N) is 1. The van der Waals surface area contributed by atoms with E-state index in [1.807, 2.05) is 0 Å². The highest BCUT2D eigenvalue weighted by atomic mass is 16.5. The Bertz CT molecular complexity index is 198. The molecule has 0 aromatic heterocycles. The number of rotatable bonds is 5. The minimum Gasteiger partial charge on any atom is -0.380 e. The molecule has 2 fully saturated rings. The van der Waals surface area contributed by atoms with Gasteiger partial charge in [-0.1, -0.05) is 6.92 Å². The van der Waals surface area contributed by atoms with Gasteiger partial charge in [-0.2, -0.15) is 0 Å². The monoisotopic (exact) mass is 240 g/mol. The molecule has 2 saturated heterocycles. The smallest absolute Gasteiger partial charge is 0.0621 e. The lowest BCUT2D eigenvalue weighted by Gasteiger charge is -2.37. The van der Waals surface area contributed by atoms with E-state index in [2.05, 4.69) is 17.1 Å². The molecule has 1 atom stereocenters. The molecule has 0 aliphatic carbocycles. The van der Waals surface area contributed by atoms with E-state index < -0.39 is 0 Å². The molecular weight excluding hydrogens is 212 g/mol. The van der Waals surface area contributed by atoms with Gasteiger partial charge in [0.2, 0.25) is 0 Å². The van der Waals surface area contributed by atoms with Gasteiger partial charge in [0.05, 0.1) is 6.61 Å². The Morgan fingerprint density at radius 3 is 2.71 bits per heavy atom. The van der Waals surface area contributed by atoms with Crippen LogP contribution < -0.4 is 5.32 Å². The van der Waals surface area contributed by atoms with E-state index >= 15 is 0 Å². The third-order valence-corrected chi connectivity index (χ3v) is 4.11. The topological polar surface area (TPSA) is 24.5 Å². The van der Waals surface area contributed by atoms with Crippen molar-refractivity contribution in [3.8, 4) is 0 Å². The van der Waals surface area contributed by atoms with Gasteiger partial charge in [-0.3, -0.25) is 4.90 Å². The van der Waals surface area contributed by atoms with E-state index in [4.69, 9.17) is 4.74 Å². The van der Waals surface area contributed by atoms with Gasteiger partial charge in [0.1, 0.15) is 0 Å². The van der Waals surface area contributed by atoms with Crippen molar-refractivity contribution >= 4 is 0 Å². The van der Waals surface area contributed by atoms with Crippen LogP contribution >= 0.6 is 0 Å². The summed E-state index contributed by atoms with van der Waals surface area (Å²) in [7, 11) is 0. The van der Waals surface area contributed by atoms with E-state index in [1.54, 1.807) is 0 Å². The van der Waals surface area contributed by atoms with Crippen LogP contribution in [-0.2, 0) is 4.74 Å². The van der Waals surface area contributed by atoms with Crippen molar-refractivity contribution in [1.29, 1.82) is 0 Å². The molecule has 0 bridgehead atoms. The first-order chi connectivity index (χ1) is 8.40. The first-order valence-corrected chi connectivity index (χ1v) is 7.42. The van der Waals surface area contributed by atoms with Crippen molar-refractivity contribution in [3.63, 3.8) is 0 Å². The lowest BCUT2D eigenvalue weighted by molar-refractivity contribution is 0.0102. The van der Waals surface area contributed by atoms with E-state index in [9.17, 15) is 0 Å². The fraction of sp³-hybridized carbons (Fsp3) is 1.00. The average molecular weight is 240 g/mol. The zero-order valence-corrected chi connectivity index (χ0v) is 11.3. The summed E-state index contributed by atoms with van der Waals surface area (Å²) in [5.74, 6) is 0.907. The lowest BCUT2D eigenvalue weighted by Crippen LogP contribution is -2.45. The molecule has 17 heavy (non-hydrogen) atoms. The molecular formula is C14H28N2O. The molecule has 0 amide bonds. The highest BCUT2D eigenvalue weighted by Crippen LogP contribution is 2.19. The zero-order valence-electron chi connectivity index (χ0n) is 11.3. The fourth-order valence-electron chi connectivity index (χ4n) is 3.12. The van der Waals surface area contributed by atoms with Crippen LogP contribution in [0.15, 0.2) is 0 Å². The van der Waals surface area contributed by atoms with Crippen LogP contribution in [0.2, 0.25) is 0 Å². The summed E-state index contributed by atoms with van der Waals surface area (Å²) in [6.07, 6.45) is 6.56. The summed E-state index contributed by atoms with van der Waals surface area (Å²) in [5.41, 5.74) is 0. The van der Waals surface area contributed by atoms with E-state index in [0.29, 0.717) is 6.04 Å². The Morgan fingerprint density at radius 2 is 2.06 bits per heavy atom. The number of hydrogen-bond donors (Lipinski definition) is 1. The predicted octanol–water partition coefficient (Wildman–Crippen LogP) is 1.88. The SMILES string of the molecule is CCCN(CC1CCNCC1)C1CCCOC1. The van der Waals surface area contributed by atoms with Crippen LogP contribution in [0.25, 0.3) is 0 Å². The molecule has 0 radical (unpaired) electrons. The van der Waals surface area contributed by atoms with Crippen LogP contribution in [0.1, 0.15) is 39.0 Å². The normalized spacial score (nSPS) is 27.5. The van der Waals surface area contributed by atoms with Gasteiger partial charge in [0.15, 0.2) is 0 Å². The number of piperidine rings is 1. The molecule has 0 aromatic carbocycles. The molecule has 2 heterocycles. The van der Waals surface area contributed by atoms with Crippen molar-refractivity contribution < 1.29 is 4.74 Å². The molecule has 2 aliphatic rings. The molecule has 0 aromatic rings. The standard InChI is InChI=1S/C14H28N2O/c1-2-9-16(14-4-3-10-17-12-14)11-13-5-7-15-8-6-13/h13-15H,2-12H2,1H3. The third kappa shape index (κ3) is 4.23. The molecule has 1 N–H and O–H groups in total. The minimum absolute atomic E-state index is 0.693. The number of hydrogen-bond acceptors (Lipinski definition) is 3. The second-order valence-electron chi connectivity index (χ2n) is 5.56. The summed E-state index contributed by atoms with van der Waals surface area (Å²) in [6.45, 7) is 9.20. The van der Waals surface area contributed by atoms with Gasteiger partial charge in [-0.05, 0) is 57.7 Å². The van der Waals surface area contributed by atoms with Crippen molar-refractivity contribution in [2.75, 3.05) is 39.4 Å². The van der Waals surface area contributed by atoms with Crippen molar-refractivity contribution in [3.05, 3.63) is 0 Å². The molecule has 0 saturated carbocycles. The molecule has 100 valence electrons. The highest BCUT2D eigenvalue weighted by Gasteiger charge is 2.24. The predicted molar refractivity (Wildman–Crippen MR) is 71.3 cm³/mol. The summed E-state index contributed by atoms with van der Waals surface area (Å²) in [5, 5.41) is 3.46. The van der Waals surface area contributed by atoms with E-state index in [0.717, 1.165) is 19.1 Å². The molecule has 2 rings (SSSR count). The second kappa shape index (κ2) is 7.34. The molecule has 2 aliphatic heterocycles. The van der Waals surface area contributed by atoms with Gasteiger partial charge in [-0.15, -0.1) is 0 Å². The van der Waals surface area contributed by atoms with E-state index in [-0.39, 0.29) is 0 Å². The summed E-state index contributed by atoms with van der Waals surface area (Å²) in [4.78, 5) is 2.70. The molecule has 3 nitrogen and oxygen atoms in total. The first-order valence-electron chi connectivity index (χ1n) is 7.42. The van der Waals surface area contributed by atoms with E-state index in [1.165, 1.54) is 58.3 Å². The van der Waals surface area contributed by atoms with Crippen LogP contribution in [0.3, 0.4) is 0 Å². The Balaban J connectivity index is 1.81. The van der Waals surface area contributed by atoms with Crippen molar-refractivity contribution in [2.45, 2.75) is 45.1 Å². The lowest BCUT2D eigenvalue weighted by atomic mass is 9.96. The van der Waals surface area contributed by atoms with Gasteiger partial charge in [0.25, 0.3) is 0 Å². The van der Waals surface area contributed by atoms with Gasteiger partial charge in [-0.25, -0.2) is 0 Å². The summed E-state index contributed by atoms with van der Waals surface area (Å²) < 4.78 is 5.64. The largest absolute Gasteiger partial charge is 0.380 e. The Kier molecular flexibility index (Phi) is 5.75. The average Bonchev–Trinajstić information content (AvgIpc) is 2.40. The minimum atomic E-state index is 0.693. The summed E-state index contributed by atoms with van der Waals surface area (Å²) >= 11 is 0. The van der Waals surface area contributed by atoms with Gasteiger partial charge >= 0.3 is 0 Å². The summed E-state index contributed by atoms with van der Waals surface area (Å²) in [6, 6.07) is 0.693. The molecule has 3 heteroatoms. The Morgan fingerprint density at radius 1 is 1.24 bits per heavy atom. The first kappa shape index (κ1) is 13.3. The zero-order chi connectivity index (χ0) is 11.9. The maximum absolute atomic E-state index is 5.64. The second-order valence-corrected chi connectivity index (χ2v) is 5.56. The Labute approximate surface area is 106 Å². The van der Waals surface area contributed by atoms with Crippen LogP contribution in [-0.4, -0.2) is 50.3 Å². The van der Waals surface area contributed by atoms with Gasteiger partial charge < -0.3 is 10.1 Å². The number of ether oxygens (including phenoxy) is 1. The van der Waals surface area contributed by atoms with Crippen LogP contribution in [0.5, 0.6) is 0 Å². The van der Waals surface area contributed by atoms with Gasteiger partial charge in [0, 0.05) is 19.2 Å². The molecule has 1 unspecified atom stereocenters. The number of nitrogens with zero attached hydrogens (tertiary/aromatic N) is 1. The highest BCUT2D eigenvalue weighted by molar-refractivity contribution is 4.79. The maximum Gasteiger partial charge on any atom is 0.0621 e. The van der Waals surface area contributed by atoms with Crippen LogP contribution in [0.4, 0.5) is 0 Å². The van der Waals surface area contributed by atoms with Crippen molar-refractivity contribution in [2.24, 2.45) is 5.92 Å². The maximum atomic E-state index is 5.64. The van der Waals surface area contributed by atoms with Crippen molar-refractivity contribution in [1.82, 2.24) is 10.2 Å². The quantitative estimate of drug-likeness (QED) is 0.794. The Hall–Kier alpha value is -0.120. The van der Waals surface area contributed by atoms with Crippen LogP contribution in [0, 0.1) is 5.92 Å². The molecule has 0 spiro atoms. The third-order valence-electron chi connectivity index (χ3n) is 4.11. The fourth-order valence-corrected chi connectivity index (χ4v) is 3.12.